The number of fused-ring (bicyclic) bond motifs is 1. The number of amides is 1. The van der Waals surface area contributed by atoms with Gasteiger partial charge in [0.1, 0.15) is 11.5 Å². The Morgan fingerprint density at radius 3 is 2.80 bits per heavy atom. The average molecular weight is 360 g/mol. The number of rotatable bonds is 4. The summed E-state index contributed by atoms with van der Waals surface area (Å²) in [6.07, 6.45) is 5.71. The standard InChI is InChI=1S/C19H18ClNO4/c1-3-4-14-19-10-9-13(25-19)15(18(23)24-2)16(19)17(22)21(14)12-7-5-11(20)6-8-12/h3,5-10,13-16H,1,4H2,2H3/t13-,14+,15-,16+,19-/m1/s1. The van der Waals surface area contributed by atoms with Crippen molar-refractivity contribution in [2.45, 2.75) is 24.2 Å². The molecule has 3 aliphatic rings. The van der Waals surface area contributed by atoms with E-state index in [4.69, 9.17) is 21.1 Å². The molecule has 3 heterocycles. The predicted molar refractivity (Wildman–Crippen MR) is 93.3 cm³/mol. The fourth-order valence-electron chi connectivity index (χ4n) is 4.41. The number of esters is 1. The Morgan fingerprint density at radius 1 is 1.44 bits per heavy atom. The number of hydrogen-bond donors (Lipinski definition) is 0. The van der Waals surface area contributed by atoms with Crippen molar-refractivity contribution in [3.05, 3.63) is 54.1 Å². The number of hydrogen-bond acceptors (Lipinski definition) is 4. The van der Waals surface area contributed by atoms with Gasteiger partial charge in [-0.05, 0) is 30.7 Å². The molecular formula is C19H18ClNO4. The maximum absolute atomic E-state index is 13.3. The molecule has 25 heavy (non-hydrogen) atoms. The Labute approximate surface area is 150 Å². The van der Waals surface area contributed by atoms with Crippen LogP contribution in [-0.2, 0) is 19.1 Å². The van der Waals surface area contributed by atoms with Gasteiger partial charge < -0.3 is 14.4 Å². The van der Waals surface area contributed by atoms with Crippen LogP contribution < -0.4 is 4.90 Å². The zero-order chi connectivity index (χ0) is 17.8. The number of carbonyl (C=O) groups excluding carboxylic acids is 2. The summed E-state index contributed by atoms with van der Waals surface area (Å²) in [4.78, 5) is 27.3. The minimum atomic E-state index is -0.825. The Hall–Kier alpha value is -2.11. The molecular weight excluding hydrogens is 342 g/mol. The fraction of sp³-hybridized carbons (Fsp3) is 0.368. The van der Waals surface area contributed by atoms with Crippen LogP contribution in [0.1, 0.15) is 6.42 Å². The first-order valence-electron chi connectivity index (χ1n) is 8.18. The van der Waals surface area contributed by atoms with E-state index in [1.165, 1.54) is 7.11 Å². The van der Waals surface area contributed by atoms with Gasteiger partial charge in [-0.3, -0.25) is 9.59 Å². The highest BCUT2D eigenvalue weighted by Gasteiger charge is 2.71. The second-order valence-electron chi connectivity index (χ2n) is 6.55. The number of anilines is 1. The van der Waals surface area contributed by atoms with Crippen molar-refractivity contribution in [3.8, 4) is 0 Å². The van der Waals surface area contributed by atoms with Crippen LogP contribution >= 0.6 is 11.6 Å². The first kappa shape index (κ1) is 16.4. The molecule has 2 bridgehead atoms. The maximum atomic E-state index is 13.3. The summed E-state index contributed by atoms with van der Waals surface area (Å²) in [7, 11) is 1.34. The number of ether oxygens (including phenoxy) is 2. The maximum Gasteiger partial charge on any atom is 0.312 e. The molecule has 0 radical (unpaired) electrons. The number of benzene rings is 1. The lowest BCUT2D eigenvalue weighted by Gasteiger charge is -2.32. The SMILES string of the molecule is C=CC[C@@H]1N(c2ccc(Cl)cc2)C(=O)[C@@H]2[C@H](C(=O)OC)[C@H]3C=C[C@]21O3. The van der Waals surface area contributed by atoms with E-state index < -0.39 is 29.5 Å². The van der Waals surface area contributed by atoms with Crippen LogP contribution in [0.25, 0.3) is 0 Å². The number of methoxy groups -OCH3 is 1. The van der Waals surface area contributed by atoms with Crippen LogP contribution in [0.5, 0.6) is 0 Å². The van der Waals surface area contributed by atoms with Gasteiger partial charge in [0.2, 0.25) is 5.91 Å². The van der Waals surface area contributed by atoms with Crippen LogP contribution in [0.3, 0.4) is 0 Å². The van der Waals surface area contributed by atoms with E-state index in [9.17, 15) is 9.59 Å². The summed E-state index contributed by atoms with van der Waals surface area (Å²) in [5.74, 6) is -1.75. The number of halogens is 1. The fourth-order valence-corrected chi connectivity index (χ4v) is 4.54. The van der Waals surface area contributed by atoms with E-state index in [1.54, 1.807) is 35.2 Å². The molecule has 5 nitrogen and oxygen atoms in total. The molecule has 0 aromatic heterocycles. The first-order chi connectivity index (χ1) is 12.0. The molecule has 1 aromatic carbocycles. The van der Waals surface area contributed by atoms with Gasteiger partial charge in [0.15, 0.2) is 0 Å². The highest BCUT2D eigenvalue weighted by molar-refractivity contribution is 6.30. The molecule has 1 amide bonds. The topological polar surface area (TPSA) is 55.8 Å². The molecule has 0 N–H and O–H groups in total. The monoisotopic (exact) mass is 359 g/mol. The van der Waals surface area contributed by atoms with Gasteiger partial charge in [-0.1, -0.05) is 29.8 Å². The molecule has 5 atom stereocenters. The van der Waals surface area contributed by atoms with Crippen molar-refractivity contribution in [1.29, 1.82) is 0 Å². The van der Waals surface area contributed by atoms with Crippen LogP contribution in [0, 0.1) is 11.8 Å². The van der Waals surface area contributed by atoms with Gasteiger partial charge in [0, 0.05) is 10.7 Å². The van der Waals surface area contributed by atoms with Crippen LogP contribution in [-0.4, -0.2) is 36.7 Å². The van der Waals surface area contributed by atoms with Gasteiger partial charge >= 0.3 is 5.97 Å². The minimum absolute atomic E-state index is 0.128. The number of carbonyl (C=O) groups is 2. The van der Waals surface area contributed by atoms with E-state index in [0.717, 1.165) is 5.69 Å². The Kier molecular flexibility index (Phi) is 3.74. The van der Waals surface area contributed by atoms with Gasteiger partial charge in [0.05, 0.1) is 25.2 Å². The van der Waals surface area contributed by atoms with E-state index in [2.05, 4.69) is 6.58 Å². The van der Waals surface area contributed by atoms with Crippen LogP contribution in [0.2, 0.25) is 5.02 Å². The van der Waals surface area contributed by atoms with Gasteiger partial charge in [-0.25, -0.2) is 0 Å². The lowest BCUT2D eigenvalue weighted by Crippen LogP contribution is -2.45. The zero-order valence-electron chi connectivity index (χ0n) is 13.7. The van der Waals surface area contributed by atoms with E-state index in [1.807, 2.05) is 12.2 Å². The lowest BCUT2D eigenvalue weighted by molar-refractivity contribution is -0.149. The first-order valence-corrected chi connectivity index (χ1v) is 8.56. The number of nitrogens with zero attached hydrogens (tertiary/aromatic N) is 1. The van der Waals surface area contributed by atoms with Crippen LogP contribution in [0.15, 0.2) is 49.1 Å². The van der Waals surface area contributed by atoms with Crippen molar-refractivity contribution >= 4 is 29.2 Å². The molecule has 1 aromatic rings. The third-order valence-electron chi connectivity index (χ3n) is 5.39. The predicted octanol–water partition coefficient (Wildman–Crippen LogP) is 2.74. The second-order valence-corrected chi connectivity index (χ2v) is 6.98. The molecule has 130 valence electrons. The minimum Gasteiger partial charge on any atom is -0.469 e. The molecule has 0 unspecified atom stereocenters. The molecule has 6 heteroatoms. The van der Waals surface area contributed by atoms with Crippen LogP contribution in [0.4, 0.5) is 5.69 Å². The quantitative estimate of drug-likeness (QED) is 0.612. The summed E-state index contributed by atoms with van der Waals surface area (Å²) in [6, 6.07) is 6.83. The summed E-state index contributed by atoms with van der Waals surface area (Å²) in [6.45, 7) is 3.82. The third-order valence-corrected chi connectivity index (χ3v) is 5.64. The Bertz CT molecular complexity index is 774. The summed E-state index contributed by atoms with van der Waals surface area (Å²) in [5, 5.41) is 0.596. The third kappa shape index (κ3) is 2.12. The van der Waals surface area contributed by atoms with Crippen molar-refractivity contribution < 1.29 is 19.1 Å². The van der Waals surface area contributed by atoms with Gasteiger partial charge in [-0.15, -0.1) is 6.58 Å². The van der Waals surface area contributed by atoms with Crippen molar-refractivity contribution in [2.24, 2.45) is 11.8 Å². The Morgan fingerprint density at radius 2 is 2.16 bits per heavy atom. The summed E-state index contributed by atoms with van der Waals surface area (Å²) < 4.78 is 11.1. The molecule has 2 fully saturated rings. The zero-order valence-corrected chi connectivity index (χ0v) is 14.5. The molecule has 0 saturated carbocycles. The average Bonchev–Trinajstić information content (AvgIpc) is 3.25. The molecule has 1 spiro atoms. The van der Waals surface area contributed by atoms with Gasteiger partial charge in [0.25, 0.3) is 0 Å². The van der Waals surface area contributed by atoms with Crippen molar-refractivity contribution in [3.63, 3.8) is 0 Å². The lowest BCUT2D eigenvalue weighted by atomic mass is 9.74. The smallest absolute Gasteiger partial charge is 0.312 e. The summed E-state index contributed by atoms with van der Waals surface area (Å²) in [5.41, 5.74) is -0.0943. The normalized spacial score (nSPS) is 35.1. The molecule has 2 saturated heterocycles. The molecule has 3 aliphatic heterocycles. The van der Waals surface area contributed by atoms with Crippen molar-refractivity contribution in [1.82, 2.24) is 0 Å². The van der Waals surface area contributed by atoms with E-state index >= 15 is 0 Å². The largest absolute Gasteiger partial charge is 0.469 e. The highest BCUT2D eigenvalue weighted by atomic mass is 35.5. The summed E-state index contributed by atoms with van der Waals surface area (Å²) >= 11 is 5.98. The molecule has 4 rings (SSSR count). The van der Waals surface area contributed by atoms with Gasteiger partial charge in [-0.2, -0.15) is 0 Å². The van der Waals surface area contributed by atoms with E-state index in [0.29, 0.717) is 11.4 Å². The second kappa shape index (κ2) is 5.71. The molecule has 0 aliphatic carbocycles. The highest BCUT2D eigenvalue weighted by Crippen LogP contribution is 2.56. The van der Waals surface area contributed by atoms with Crippen molar-refractivity contribution in [2.75, 3.05) is 12.0 Å². The van der Waals surface area contributed by atoms with E-state index in [-0.39, 0.29) is 11.9 Å². The Balaban J connectivity index is 1.81.